The van der Waals surface area contributed by atoms with E-state index in [4.69, 9.17) is 0 Å². The Hall–Kier alpha value is 2.73. The molecule has 0 nitrogen and oxygen atoms in total. The molecule has 0 heterocycles. The van der Waals surface area contributed by atoms with Crippen LogP contribution in [0, 0.1) is 0 Å². The minimum absolute atomic E-state index is 0.569. The predicted octanol–water partition coefficient (Wildman–Crippen LogP) is 2.01. The molecule has 0 rings (SSSR count). The van der Waals surface area contributed by atoms with Crippen molar-refractivity contribution in [2.45, 2.75) is 0 Å². The van der Waals surface area contributed by atoms with Gasteiger partial charge in [0.05, 0.1) is 0 Å². The van der Waals surface area contributed by atoms with Crippen molar-refractivity contribution in [2.75, 3.05) is 0 Å². The summed E-state index contributed by atoms with van der Waals surface area (Å²) < 4.78 is -0.569. The van der Waals surface area contributed by atoms with E-state index in [1.807, 2.05) is 0 Å². The SMILES string of the molecule is [I][GeH]([I])[I]. The number of rotatable bonds is 0. The van der Waals surface area contributed by atoms with E-state index < -0.39 is 4.42 Å². The molecule has 0 saturated heterocycles. The molecule has 0 saturated carbocycles. The summed E-state index contributed by atoms with van der Waals surface area (Å²) in [5, 5.41) is 0. The molecule has 0 aromatic heterocycles. The maximum atomic E-state index is 2.50. The fourth-order valence-corrected chi connectivity index (χ4v) is 0. The van der Waals surface area contributed by atoms with Crippen molar-refractivity contribution in [1.29, 1.82) is 0 Å². The van der Waals surface area contributed by atoms with E-state index in [2.05, 4.69) is 60.6 Å². The van der Waals surface area contributed by atoms with E-state index in [-0.39, 0.29) is 0 Å². The van der Waals surface area contributed by atoms with E-state index in [0.717, 1.165) is 0 Å². The molecule has 0 aliphatic carbocycles. The summed E-state index contributed by atoms with van der Waals surface area (Å²) in [7, 11) is 0. The quantitative estimate of drug-likeness (QED) is 0.388. The van der Waals surface area contributed by atoms with E-state index in [9.17, 15) is 0 Å². The fourth-order valence-electron chi connectivity index (χ4n) is 0. The Kier molecular flexibility index (Phi) is 6.58. The molecule has 0 aliphatic heterocycles. The molecule has 26 valence electrons. The molecule has 0 radical (unpaired) electrons. The van der Waals surface area contributed by atoms with Gasteiger partial charge in [0, 0.05) is 0 Å². The predicted molar refractivity (Wildman–Crippen MR) is 49.2 cm³/mol. The van der Waals surface area contributed by atoms with E-state index >= 15 is 0 Å². The Morgan fingerprint density at radius 2 is 1.00 bits per heavy atom. The van der Waals surface area contributed by atoms with Crippen LogP contribution in [0.5, 0.6) is 0 Å². The van der Waals surface area contributed by atoms with Crippen LogP contribution in [-0.4, -0.2) is 4.42 Å². The Morgan fingerprint density at radius 3 is 1.00 bits per heavy atom. The molecule has 0 N–H and O–H groups in total. The van der Waals surface area contributed by atoms with Crippen LogP contribution >= 0.6 is 60.6 Å². The van der Waals surface area contributed by atoms with Gasteiger partial charge in [-0.2, -0.15) is 0 Å². The van der Waals surface area contributed by atoms with Gasteiger partial charge < -0.3 is 0 Å². The summed E-state index contributed by atoms with van der Waals surface area (Å²) in [4.78, 5) is 0. The minimum atomic E-state index is -0.569. The molecule has 0 fully saturated rings. The third-order valence-corrected chi connectivity index (χ3v) is 0. The molecule has 0 aromatic rings. The topological polar surface area (TPSA) is 0 Å². The Bertz CT molecular complexity index is 8.00. The summed E-state index contributed by atoms with van der Waals surface area (Å²) >= 11 is 7.51. The Labute approximate surface area is 63.4 Å². The fraction of sp³-hybridized carbons (Fsp3) is 0. The monoisotopic (exact) mass is 456 g/mol. The van der Waals surface area contributed by atoms with Gasteiger partial charge in [-0.1, -0.05) is 0 Å². The van der Waals surface area contributed by atoms with Gasteiger partial charge in [-0.05, 0) is 0 Å². The first kappa shape index (κ1) is 6.73. The van der Waals surface area contributed by atoms with E-state index in [0.29, 0.717) is 0 Å². The van der Waals surface area contributed by atoms with Crippen molar-refractivity contribution in [3.8, 4) is 0 Å². The summed E-state index contributed by atoms with van der Waals surface area (Å²) in [6, 6.07) is 0. The van der Waals surface area contributed by atoms with Gasteiger partial charge in [0.25, 0.3) is 0 Å². The van der Waals surface area contributed by atoms with Gasteiger partial charge >= 0.3 is 65.1 Å². The molecule has 0 amide bonds. The van der Waals surface area contributed by atoms with Crippen molar-refractivity contribution >= 4 is 65.1 Å². The van der Waals surface area contributed by atoms with Gasteiger partial charge in [-0.25, -0.2) is 0 Å². The van der Waals surface area contributed by atoms with E-state index in [1.165, 1.54) is 0 Å². The first-order valence-corrected chi connectivity index (χ1v) is 22.8. The van der Waals surface area contributed by atoms with Gasteiger partial charge in [0.15, 0.2) is 0 Å². The summed E-state index contributed by atoms with van der Waals surface area (Å²) in [5.74, 6) is 0. The average molecular weight is 454 g/mol. The van der Waals surface area contributed by atoms with Crippen molar-refractivity contribution in [2.24, 2.45) is 0 Å². The second kappa shape index (κ2) is 3.91. The third kappa shape index (κ3) is 8.83. The van der Waals surface area contributed by atoms with Crippen molar-refractivity contribution in [3.05, 3.63) is 0 Å². The molecule has 0 unspecified atom stereocenters. The molecule has 4 heteroatoms. The molecule has 0 bridgehead atoms. The first-order valence-electron chi connectivity index (χ1n) is 0.655. The maximum absolute atomic E-state index is 2.50. The zero-order valence-corrected chi connectivity index (χ0v) is 10.6. The van der Waals surface area contributed by atoms with Crippen LogP contribution in [0.15, 0.2) is 0 Å². The third-order valence-electron chi connectivity index (χ3n) is 0. The molecular formula is HGeI3. The standard InChI is InChI=1S/GeHI3/c2-1(3)4/h1H. The normalized spacial score (nSPS) is 9.00. The van der Waals surface area contributed by atoms with Gasteiger partial charge in [-0.15, -0.1) is 0 Å². The van der Waals surface area contributed by atoms with Crippen LogP contribution in [0.1, 0.15) is 0 Å². The van der Waals surface area contributed by atoms with Gasteiger partial charge in [-0.3, -0.25) is 0 Å². The summed E-state index contributed by atoms with van der Waals surface area (Å²) in [5.41, 5.74) is 0. The summed E-state index contributed by atoms with van der Waals surface area (Å²) in [6.45, 7) is 0. The van der Waals surface area contributed by atoms with Crippen molar-refractivity contribution in [3.63, 3.8) is 0 Å². The van der Waals surface area contributed by atoms with Crippen LogP contribution in [0.2, 0.25) is 0 Å². The second-order valence-corrected chi connectivity index (χ2v) is 57.9. The zero-order chi connectivity index (χ0) is 3.58. The Morgan fingerprint density at radius 1 is 1.00 bits per heavy atom. The molecular weight excluding hydrogens is 453 g/mol. The van der Waals surface area contributed by atoms with Crippen LogP contribution < -0.4 is 0 Å². The second-order valence-electron chi connectivity index (χ2n) is 0.247. The van der Waals surface area contributed by atoms with Crippen LogP contribution in [0.3, 0.4) is 0 Å². The summed E-state index contributed by atoms with van der Waals surface area (Å²) in [6.07, 6.45) is 0. The molecule has 0 aliphatic rings. The zero-order valence-electron chi connectivity index (χ0n) is 1.71. The Balaban J connectivity index is 2.32. The van der Waals surface area contributed by atoms with Crippen LogP contribution in [0.25, 0.3) is 0 Å². The number of hydrogen-bond acceptors (Lipinski definition) is 0. The molecule has 0 atom stereocenters. The molecule has 0 spiro atoms. The molecule has 0 aromatic carbocycles. The number of halogens is 3. The molecule has 4 heavy (non-hydrogen) atoms. The average Bonchev–Trinajstić information content (AvgIpc) is 0.811. The van der Waals surface area contributed by atoms with Crippen molar-refractivity contribution < 1.29 is 0 Å². The van der Waals surface area contributed by atoms with Gasteiger partial charge in [0.1, 0.15) is 0 Å². The van der Waals surface area contributed by atoms with Gasteiger partial charge in [0.2, 0.25) is 0 Å². The van der Waals surface area contributed by atoms with Crippen molar-refractivity contribution in [1.82, 2.24) is 0 Å². The first-order chi connectivity index (χ1) is 1.73. The number of hydrogen-bond donors (Lipinski definition) is 0. The van der Waals surface area contributed by atoms with E-state index in [1.54, 1.807) is 0 Å². The van der Waals surface area contributed by atoms with Crippen LogP contribution in [0.4, 0.5) is 0 Å². The van der Waals surface area contributed by atoms with Crippen LogP contribution in [-0.2, 0) is 0 Å².